The molecule has 0 rings (SSSR count). The van der Waals surface area contributed by atoms with E-state index < -0.39 is 9.84 Å². The normalized spacial score (nSPS) is 16.1. The van der Waals surface area contributed by atoms with E-state index in [2.05, 4.69) is 36.7 Å². The third-order valence-electron chi connectivity index (χ3n) is 1.91. The molecule has 0 saturated carbocycles. The summed E-state index contributed by atoms with van der Waals surface area (Å²) in [6.07, 6.45) is 1.29. The lowest BCUT2D eigenvalue weighted by atomic mass is 9.83. The topological polar surface area (TPSA) is 34.1 Å². The highest BCUT2D eigenvalue weighted by Gasteiger charge is 2.26. The molecule has 0 amide bonds. The number of rotatable bonds is 3. The van der Waals surface area contributed by atoms with Crippen molar-refractivity contribution in [3.8, 4) is 0 Å². The summed E-state index contributed by atoms with van der Waals surface area (Å²) in [5, 5.41) is 0.740. The van der Waals surface area contributed by atoms with Gasteiger partial charge in [-0.15, -0.1) is 0 Å². The third kappa shape index (κ3) is 5.14. The van der Waals surface area contributed by atoms with Gasteiger partial charge >= 0.3 is 0 Å². The second-order valence-electron chi connectivity index (χ2n) is 4.31. The Morgan fingerprint density at radius 3 is 1.83 bits per heavy atom. The molecule has 1 atom stereocenters. The van der Waals surface area contributed by atoms with Crippen LogP contribution in [0.5, 0.6) is 0 Å². The Morgan fingerprint density at radius 1 is 1.33 bits per heavy atom. The van der Waals surface area contributed by atoms with Gasteiger partial charge in [0.25, 0.3) is 0 Å². The first-order valence-corrected chi connectivity index (χ1v) is 7.08. The quantitative estimate of drug-likeness (QED) is 0.725. The van der Waals surface area contributed by atoms with Crippen LogP contribution in [0.1, 0.15) is 20.8 Å². The van der Waals surface area contributed by atoms with Crippen molar-refractivity contribution in [1.29, 1.82) is 0 Å². The molecule has 0 N–H and O–H groups in total. The number of sulfone groups is 1. The van der Waals surface area contributed by atoms with E-state index in [-0.39, 0.29) is 17.1 Å². The van der Waals surface area contributed by atoms with Crippen LogP contribution >= 0.6 is 15.9 Å². The van der Waals surface area contributed by atoms with Crippen molar-refractivity contribution in [2.24, 2.45) is 11.3 Å². The van der Waals surface area contributed by atoms with Gasteiger partial charge in [-0.05, 0) is 11.3 Å². The molecule has 4 heteroatoms. The maximum absolute atomic E-state index is 11.0. The van der Waals surface area contributed by atoms with E-state index in [0.29, 0.717) is 0 Å². The zero-order valence-electron chi connectivity index (χ0n) is 8.09. The van der Waals surface area contributed by atoms with Crippen LogP contribution in [0.4, 0.5) is 0 Å². The van der Waals surface area contributed by atoms with Gasteiger partial charge in [-0.2, -0.15) is 0 Å². The number of halogens is 1. The van der Waals surface area contributed by atoms with Crippen LogP contribution in [0, 0.1) is 11.3 Å². The summed E-state index contributed by atoms with van der Waals surface area (Å²) in [5.41, 5.74) is 0.0482. The maximum atomic E-state index is 11.0. The zero-order chi connectivity index (χ0) is 9.99. The van der Waals surface area contributed by atoms with Crippen molar-refractivity contribution in [2.75, 3.05) is 17.3 Å². The molecule has 0 bridgehead atoms. The summed E-state index contributed by atoms with van der Waals surface area (Å²) < 4.78 is 22.1. The molecule has 0 aliphatic rings. The van der Waals surface area contributed by atoms with Gasteiger partial charge in [0, 0.05) is 11.6 Å². The van der Waals surface area contributed by atoms with Crippen LogP contribution in [-0.4, -0.2) is 25.8 Å². The minimum absolute atomic E-state index is 0.0482. The summed E-state index contributed by atoms with van der Waals surface area (Å²) in [7, 11) is -2.85. The van der Waals surface area contributed by atoms with Gasteiger partial charge in [-0.1, -0.05) is 36.7 Å². The van der Waals surface area contributed by atoms with E-state index in [1.807, 2.05) is 0 Å². The predicted octanol–water partition coefficient (Wildman–Crippen LogP) is 2.09. The molecule has 0 heterocycles. The first-order chi connectivity index (χ1) is 5.17. The first kappa shape index (κ1) is 12.4. The molecule has 0 aromatic rings. The van der Waals surface area contributed by atoms with Crippen molar-refractivity contribution in [3.63, 3.8) is 0 Å². The molecule has 0 saturated heterocycles. The summed E-state index contributed by atoms with van der Waals surface area (Å²) in [6.45, 7) is 6.18. The van der Waals surface area contributed by atoms with Crippen LogP contribution in [0.15, 0.2) is 0 Å². The smallest absolute Gasteiger partial charge is 0.147 e. The van der Waals surface area contributed by atoms with E-state index in [1.54, 1.807) is 0 Å². The molecule has 74 valence electrons. The van der Waals surface area contributed by atoms with Gasteiger partial charge in [0.15, 0.2) is 0 Å². The fourth-order valence-corrected chi connectivity index (χ4v) is 3.74. The average molecular weight is 257 g/mol. The van der Waals surface area contributed by atoms with E-state index in [9.17, 15) is 8.42 Å². The lowest BCUT2D eigenvalue weighted by molar-refractivity contribution is 0.292. The monoisotopic (exact) mass is 256 g/mol. The van der Waals surface area contributed by atoms with Gasteiger partial charge in [-0.25, -0.2) is 8.42 Å². The largest absolute Gasteiger partial charge is 0.229 e. The molecule has 0 aromatic heterocycles. The molecule has 0 fully saturated rings. The second kappa shape index (κ2) is 4.09. The number of hydrogen-bond donors (Lipinski definition) is 0. The number of alkyl halides is 1. The summed E-state index contributed by atoms with van der Waals surface area (Å²) >= 11 is 3.34. The first-order valence-electron chi connectivity index (χ1n) is 3.90. The van der Waals surface area contributed by atoms with Crippen molar-refractivity contribution in [2.45, 2.75) is 20.8 Å². The fraction of sp³-hybridized carbons (Fsp3) is 1.00. The van der Waals surface area contributed by atoms with Crippen LogP contribution in [0.25, 0.3) is 0 Å². The minimum Gasteiger partial charge on any atom is -0.229 e. The Bertz CT molecular complexity index is 226. The van der Waals surface area contributed by atoms with E-state index in [4.69, 9.17) is 0 Å². The molecule has 0 aromatic carbocycles. The third-order valence-corrected chi connectivity index (χ3v) is 3.70. The number of hydrogen-bond acceptors (Lipinski definition) is 2. The van der Waals surface area contributed by atoms with Gasteiger partial charge in [0.05, 0.1) is 5.75 Å². The van der Waals surface area contributed by atoms with E-state index >= 15 is 0 Å². The average Bonchev–Trinajstić information content (AvgIpc) is 1.78. The second-order valence-corrected chi connectivity index (χ2v) is 7.14. The molecule has 12 heavy (non-hydrogen) atoms. The Labute approximate surface area is 83.8 Å². The van der Waals surface area contributed by atoms with Crippen molar-refractivity contribution < 1.29 is 8.42 Å². The standard InChI is InChI=1S/C8H17BrO2S/c1-8(2,3)7(5-9)6-12(4,10)11/h7H,5-6H2,1-4H3. The fourth-order valence-electron chi connectivity index (χ4n) is 0.891. The van der Waals surface area contributed by atoms with Gasteiger partial charge in [0.1, 0.15) is 9.84 Å². The maximum Gasteiger partial charge on any atom is 0.147 e. The summed E-state index contributed by atoms with van der Waals surface area (Å²) in [6, 6.07) is 0. The highest BCUT2D eigenvalue weighted by molar-refractivity contribution is 9.09. The Kier molecular flexibility index (Phi) is 4.24. The highest BCUT2D eigenvalue weighted by atomic mass is 79.9. The van der Waals surface area contributed by atoms with Crippen LogP contribution in [0.3, 0.4) is 0 Å². The molecule has 0 spiro atoms. The lowest BCUT2D eigenvalue weighted by Crippen LogP contribution is -2.28. The Balaban J connectivity index is 4.41. The van der Waals surface area contributed by atoms with Crippen LogP contribution in [-0.2, 0) is 9.84 Å². The van der Waals surface area contributed by atoms with Crippen molar-refractivity contribution >= 4 is 25.8 Å². The summed E-state index contributed by atoms with van der Waals surface area (Å²) in [4.78, 5) is 0. The molecular weight excluding hydrogens is 240 g/mol. The molecule has 0 aliphatic heterocycles. The van der Waals surface area contributed by atoms with Crippen LogP contribution in [0.2, 0.25) is 0 Å². The molecule has 0 aliphatic carbocycles. The van der Waals surface area contributed by atoms with Gasteiger partial charge in [0.2, 0.25) is 0 Å². The molecular formula is C8H17BrO2S. The van der Waals surface area contributed by atoms with Crippen LogP contribution < -0.4 is 0 Å². The lowest BCUT2D eigenvalue weighted by Gasteiger charge is -2.28. The van der Waals surface area contributed by atoms with E-state index in [1.165, 1.54) is 6.26 Å². The van der Waals surface area contributed by atoms with Gasteiger partial charge < -0.3 is 0 Å². The van der Waals surface area contributed by atoms with Crippen molar-refractivity contribution in [3.05, 3.63) is 0 Å². The SMILES string of the molecule is CC(C)(C)C(CBr)CS(C)(=O)=O. The molecule has 2 nitrogen and oxygen atoms in total. The van der Waals surface area contributed by atoms with Crippen molar-refractivity contribution in [1.82, 2.24) is 0 Å². The molecule has 0 radical (unpaired) electrons. The van der Waals surface area contributed by atoms with Gasteiger partial charge in [-0.3, -0.25) is 0 Å². The molecule has 1 unspecified atom stereocenters. The predicted molar refractivity (Wildman–Crippen MR) is 56.4 cm³/mol. The zero-order valence-corrected chi connectivity index (χ0v) is 10.5. The minimum atomic E-state index is -2.85. The highest BCUT2D eigenvalue weighted by Crippen LogP contribution is 2.28. The summed E-state index contributed by atoms with van der Waals surface area (Å²) in [5.74, 6) is 0.453. The van der Waals surface area contributed by atoms with E-state index in [0.717, 1.165) is 5.33 Å². The Hall–Kier alpha value is 0.430. The Morgan fingerprint density at radius 2 is 1.75 bits per heavy atom.